The number of benzene rings is 3. The Bertz CT molecular complexity index is 1240. The van der Waals surface area contributed by atoms with E-state index < -0.39 is 25.7 Å². The third kappa shape index (κ3) is 5.82. The van der Waals surface area contributed by atoms with Gasteiger partial charge >= 0.3 is 5.97 Å². The van der Waals surface area contributed by atoms with E-state index in [0.717, 1.165) is 0 Å². The van der Waals surface area contributed by atoms with Gasteiger partial charge in [-0.05, 0) is 98.9 Å². The molecule has 0 bridgehead atoms. The fraction of sp³-hybridized carbons (Fsp3) is 0.130. The summed E-state index contributed by atoms with van der Waals surface area (Å²) < 4.78 is 22.7. The minimum Gasteiger partial charge on any atom is -0.507 e. The molecule has 11 heteroatoms. The van der Waals surface area contributed by atoms with Crippen LogP contribution in [-0.2, 0) is 14.6 Å². The maximum atomic E-state index is 12.7. The zero-order valence-electron chi connectivity index (χ0n) is 17.8. The number of carbonyl (C=O) groups is 2. The predicted octanol–water partition coefficient (Wildman–Crippen LogP) is 6.21. The SMILES string of the molecule is COC(=O)c1ccc(NC(=O)c2cc(Oc3c(Br)cc(C(C)(O)P=O)cc3Br)ccc2O)cc1. The summed E-state index contributed by atoms with van der Waals surface area (Å²) in [6.07, 6.45) is 0. The van der Waals surface area contributed by atoms with Gasteiger partial charge in [-0.25, -0.2) is 4.79 Å². The highest BCUT2D eigenvalue weighted by Crippen LogP contribution is 2.42. The molecule has 3 N–H and O–H groups in total. The summed E-state index contributed by atoms with van der Waals surface area (Å²) in [6.45, 7) is 1.41. The second-order valence-corrected chi connectivity index (χ2v) is 9.95. The number of ether oxygens (including phenoxy) is 2. The minimum absolute atomic E-state index is 0.0357. The van der Waals surface area contributed by atoms with Crippen molar-refractivity contribution in [2.75, 3.05) is 12.4 Å². The number of hydrogen-bond donors (Lipinski definition) is 3. The molecule has 3 aromatic carbocycles. The number of amides is 1. The summed E-state index contributed by atoms with van der Waals surface area (Å²) in [4.78, 5) is 24.3. The van der Waals surface area contributed by atoms with E-state index in [4.69, 9.17) is 4.74 Å². The van der Waals surface area contributed by atoms with Crippen LogP contribution in [0, 0.1) is 0 Å². The first-order valence-corrected chi connectivity index (χ1v) is 12.0. The molecule has 0 heterocycles. The van der Waals surface area contributed by atoms with Gasteiger partial charge in [-0.3, -0.25) is 9.36 Å². The minimum atomic E-state index is -1.58. The summed E-state index contributed by atoms with van der Waals surface area (Å²) in [5, 5.41) is 21.5. The molecular weight excluding hydrogens is 593 g/mol. The normalized spacial score (nSPS) is 12.6. The second kappa shape index (κ2) is 10.7. The van der Waals surface area contributed by atoms with Gasteiger partial charge < -0.3 is 25.0 Å². The molecule has 0 spiro atoms. The van der Waals surface area contributed by atoms with E-state index in [9.17, 15) is 24.4 Å². The van der Waals surface area contributed by atoms with Crippen LogP contribution in [0.25, 0.3) is 0 Å². The van der Waals surface area contributed by atoms with Crippen LogP contribution in [-0.4, -0.2) is 29.2 Å². The van der Waals surface area contributed by atoms with Crippen LogP contribution in [0.5, 0.6) is 17.2 Å². The molecule has 0 saturated heterocycles. The molecule has 34 heavy (non-hydrogen) atoms. The van der Waals surface area contributed by atoms with Crippen molar-refractivity contribution in [1.82, 2.24) is 0 Å². The lowest BCUT2D eigenvalue weighted by molar-refractivity contribution is 0.0600. The second-order valence-electron chi connectivity index (χ2n) is 7.19. The highest BCUT2D eigenvalue weighted by molar-refractivity contribution is 9.11. The fourth-order valence-electron chi connectivity index (χ4n) is 2.87. The van der Waals surface area contributed by atoms with Crippen molar-refractivity contribution in [3.63, 3.8) is 0 Å². The molecule has 3 aromatic rings. The molecule has 3 rings (SSSR count). The third-order valence-corrected chi connectivity index (χ3v) is 6.51. The molecule has 176 valence electrons. The Balaban J connectivity index is 1.83. The van der Waals surface area contributed by atoms with Gasteiger partial charge in [-0.1, -0.05) is 0 Å². The topological polar surface area (TPSA) is 122 Å². The Morgan fingerprint density at radius 3 is 2.21 bits per heavy atom. The molecule has 0 aromatic heterocycles. The monoisotopic (exact) mass is 609 g/mol. The maximum absolute atomic E-state index is 12.7. The molecule has 0 saturated carbocycles. The number of aromatic hydroxyl groups is 1. The zero-order valence-corrected chi connectivity index (χ0v) is 21.9. The van der Waals surface area contributed by atoms with E-state index in [1.54, 1.807) is 12.1 Å². The molecule has 1 atom stereocenters. The number of methoxy groups -OCH3 is 1. The molecule has 1 amide bonds. The lowest BCUT2D eigenvalue weighted by Gasteiger charge is -2.18. The van der Waals surface area contributed by atoms with Gasteiger partial charge in [0.15, 0.2) is 19.6 Å². The largest absolute Gasteiger partial charge is 0.507 e. The molecule has 0 aliphatic rings. The lowest BCUT2D eigenvalue weighted by atomic mass is 10.1. The van der Waals surface area contributed by atoms with Crippen LogP contribution in [0.3, 0.4) is 0 Å². The Morgan fingerprint density at radius 1 is 1.03 bits per heavy atom. The van der Waals surface area contributed by atoms with Crippen LogP contribution >= 0.6 is 40.3 Å². The smallest absolute Gasteiger partial charge is 0.337 e. The number of nitrogens with one attached hydrogen (secondary N) is 1. The van der Waals surface area contributed by atoms with Gasteiger partial charge in [-0.15, -0.1) is 0 Å². The predicted molar refractivity (Wildman–Crippen MR) is 133 cm³/mol. The van der Waals surface area contributed by atoms with Crippen molar-refractivity contribution in [3.05, 3.63) is 80.2 Å². The highest BCUT2D eigenvalue weighted by atomic mass is 79.9. The van der Waals surface area contributed by atoms with E-state index in [2.05, 4.69) is 41.9 Å². The van der Waals surface area contributed by atoms with Crippen molar-refractivity contribution in [2.45, 2.75) is 12.3 Å². The maximum Gasteiger partial charge on any atom is 0.337 e. The summed E-state index contributed by atoms with van der Waals surface area (Å²) in [5.41, 5.74) is 1.09. The molecule has 0 aliphatic heterocycles. The first-order valence-electron chi connectivity index (χ1n) is 9.62. The molecule has 0 radical (unpaired) electrons. The van der Waals surface area contributed by atoms with Crippen molar-refractivity contribution in [1.29, 1.82) is 0 Å². The molecule has 0 aliphatic carbocycles. The van der Waals surface area contributed by atoms with Crippen molar-refractivity contribution < 1.29 is 33.8 Å². The van der Waals surface area contributed by atoms with Gasteiger partial charge in [0.2, 0.25) is 0 Å². The van der Waals surface area contributed by atoms with E-state index >= 15 is 0 Å². The molecule has 1 unspecified atom stereocenters. The highest BCUT2D eigenvalue weighted by Gasteiger charge is 2.26. The van der Waals surface area contributed by atoms with Gasteiger partial charge in [0.1, 0.15) is 11.5 Å². The Kier molecular flexibility index (Phi) is 8.09. The van der Waals surface area contributed by atoms with Crippen LogP contribution < -0.4 is 10.1 Å². The molecule has 0 fully saturated rings. The lowest BCUT2D eigenvalue weighted by Crippen LogP contribution is -2.13. The standard InChI is InChI=1S/C23H18Br2NO7P/c1-23(30,34-31)13-9-17(24)20(18(25)10-13)33-15-7-8-19(27)16(11-15)21(28)26-14-5-3-12(4-6-14)22(29)32-2/h3-11,27,30H,1-2H3,(H,26,28). The Hall–Kier alpha value is -2.78. The quantitative estimate of drug-likeness (QED) is 0.215. The summed E-state index contributed by atoms with van der Waals surface area (Å²) in [5.74, 6) is -0.742. The summed E-state index contributed by atoms with van der Waals surface area (Å²) in [6, 6.07) is 13.4. The fourth-order valence-corrected chi connectivity index (χ4v) is 4.45. The first-order chi connectivity index (χ1) is 16.1. The van der Waals surface area contributed by atoms with Crippen LogP contribution in [0.2, 0.25) is 0 Å². The average Bonchev–Trinajstić information content (AvgIpc) is 2.82. The van der Waals surface area contributed by atoms with Gasteiger partial charge in [-0.2, -0.15) is 0 Å². The number of carbonyl (C=O) groups excluding carboxylic acids is 2. The number of esters is 1. The third-order valence-electron chi connectivity index (χ3n) is 4.72. The van der Waals surface area contributed by atoms with E-state index in [-0.39, 0.29) is 17.1 Å². The van der Waals surface area contributed by atoms with E-state index in [1.165, 1.54) is 56.5 Å². The van der Waals surface area contributed by atoms with Gasteiger partial charge in [0.05, 0.1) is 27.2 Å². The number of hydrogen-bond acceptors (Lipinski definition) is 7. The number of rotatable bonds is 7. The summed E-state index contributed by atoms with van der Waals surface area (Å²) in [7, 11) is 0.814. The van der Waals surface area contributed by atoms with Crippen molar-refractivity contribution in [2.24, 2.45) is 0 Å². The van der Waals surface area contributed by atoms with Gasteiger partial charge in [0, 0.05) is 5.69 Å². The van der Waals surface area contributed by atoms with E-state index in [1.807, 2.05) is 0 Å². The number of anilines is 1. The van der Waals surface area contributed by atoms with E-state index in [0.29, 0.717) is 31.5 Å². The Morgan fingerprint density at radius 2 is 1.65 bits per heavy atom. The van der Waals surface area contributed by atoms with Crippen molar-refractivity contribution in [3.8, 4) is 17.2 Å². The van der Waals surface area contributed by atoms with Crippen LogP contribution in [0.15, 0.2) is 63.5 Å². The van der Waals surface area contributed by atoms with Crippen LogP contribution in [0.4, 0.5) is 5.69 Å². The molecule has 8 nitrogen and oxygen atoms in total. The Labute approximate surface area is 213 Å². The zero-order chi connectivity index (χ0) is 25.0. The molecular formula is C23H18Br2NO7P. The summed E-state index contributed by atoms with van der Waals surface area (Å²) >= 11 is 6.74. The number of aliphatic hydroxyl groups is 1. The number of phenols is 1. The number of halogens is 2. The van der Waals surface area contributed by atoms with Gasteiger partial charge in [0.25, 0.3) is 5.91 Å². The van der Waals surface area contributed by atoms with Crippen molar-refractivity contribution >= 4 is 57.9 Å². The average molecular weight is 611 g/mol. The first kappa shape index (κ1) is 25.8. The van der Waals surface area contributed by atoms with Crippen LogP contribution in [0.1, 0.15) is 33.2 Å². The number of phenolic OH excluding ortho intramolecular Hbond substituents is 1.